The number of hydrogen-bond acceptors (Lipinski definition) is 4. The molecule has 4 rings (SSSR count). The maximum Gasteiger partial charge on any atom is 0.256 e. The maximum atomic E-state index is 13.6. The molecule has 1 saturated heterocycles. The molecule has 194 valence electrons. The maximum absolute atomic E-state index is 13.6. The molecule has 2 aromatic rings. The summed E-state index contributed by atoms with van der Waals surface area (Å²) in [4.78, 5) is 36.0. The summed E-state index contributed by atoms with van der Waals surface area (Å²) >= 11 is 6.32. The highest BCUT2D eigenvalue weighted by atomic mass is 35.5. The second-order valence-electron chi connectivity index (χ2n) is 10.7. The van der Waals surface area contributed by atoms with Crippen molar-refractivity contribution in [3.8, 4) is 0 Å². The van der Waals surface area contributed by atoms with Gasteiger partial charge >= 0.3 is 0 Å². The van der Waals surface area contributed by atoms with Crippen molar-refractivity contribution in [1.29, 1.82) is 0 Å². The number of piperidine rings is 1. The predicted octanol–water partition coefficient (Wildman–Crippen LogP) is 5.40. The molecule has 1 aromatic heterocycles. The Morgan fingerprint density at radius 3 is 2.31 bits per heavy atom. The Balaban J connectivity index is 1.25. The Morgan fingerprint density at radius 2 is 1.69 bits per heavy atom. The number of carbonyl (C=O) groups is 2. The fourth-order valence-electron chi connectivity index (χ4n) is 5.90. The highest BCUT2D eigenvalue weighted by Gasteiger charge is 2.43. The lowest BCUT2D eigenvalue weighted by atomic mass is 9.77. The molecule has 2 aliphatic rings. The average molecular weight is 511 g/mol. The van der Waals surface area contributed by atoms with Gasteiger partial charge in [-0.3, -0.25) is 9.59 Å². The van der Waals surface area contributed by atoms with E-state index in [0.29, 0.717) is 17.4 Å². The van der Waals surface area contributed by atoms with Crippen LogP contribution in [0.25, 0.3) is 0 Å². The van der Waals surface area contributed by atoms with E-state index in [1.165, 1.54) is 10.5 Å². The van der Waals surface area contributed by atoms with Crippen molar-refractivity contribution in [2.75, 3.05) is 45.7 Å². The molecule has 0 N–H and O–H groups in total. The van der Waals surface area contributed by atoms with Crippen molar-refractivity contribution in [3.05, 3.63) is 58.7 Å². The van der Waals surface area contributed by atoms with Crippen LogP contribution in [0.2, 0.25) is 5.15 Å². The van der Waals surface area contributed by atoms with Crippen molar-refractivity contribution >= 4 is 29.2 Å². The van der Waals surface area contributed by atoms with Crippen LogP contribution in [0.3, 0.4) is 0 Å². The van der Waals surface area contributed by atoms with E-state index in [4.69, 9.17) is 11.6 Å². The highest BCUT2D eigenvalue weighted by Crippen LogP contribution is 2.42. The van der Waals surface area contributed by atoms with Crippen LogP contribution in [-0.2, 0) is 10.2 Å². The van der Waals surface area contributed by atoms with Crippen LogP contribution >= 0.6 is 11.6 Å². The third-order valence-corrected chi connectivity index (χ3v) is 8.34. The van der Waals surface area contributed by atoms with E-state index in [9.17, 15) is 9.59 Å². The Kier molecular flexibility index (Phi) is 8.55. The van der Waals surface area contributed by atoms with Gasteiger partial charge in [-0.1, -0.05) is 54.8 Å². The van der Waals surface area contributed by atoms with Gasteiger partial charge in [-0.25, -0.2) is 4.98 Å². The van der Waals surface area contributed by atoms with Crippen LogP contribution in [0, 0.1) is 5.92 Å². The largest absolute Gasteiger partial charge is 0.357 e. The first-order valence-corrected chi connectivity index (χ1v) is 13.6. The number of nitrogens with zero attached hydrogens (tertiary/aromatic N) is 4. The van der Waals surface area contributed by atoms with E-state index in [2.05, 4.69) is 34.1 Å². The molecule has 7 heteroatoms. The Hall–Kier alpha value is -2.60. The zero-order valence-corrected chi connectivity index (χ0v) is 22.6. The summed E-state index contributed by atoms with van der Waals surface area (Å²) in [6, 6.07) is 14.1. The standard InChI is InChI=1S/C29H39ClN4O2/c1-32(2)27(35)24-13-14-25(31-26(24)30)34-20-15-22(16-21-34)10-9-19-33(3)28(36)29(17-7-8-18-29)23-11-5-4-6-12-23/h4-6,11-14,22H,7-10,15-21H2,1-3H3. The average Bonchev–Trinajstić information content (AvgIpc) is 3.40. The number of rotatable bonds is 8. The number of likely N-dealkylation sites (N-methyl/N-ethyl adjacent to an activating group) is 1. The van der Waals surface area contributed by atoms with Gasteiger partial charge in [-0.15, -0.1) is 0 Å². The molecule has 6 nitrogen and oxygen atoms in total. The quantitative estimate of drug-likeness (QED) is 0.446. The van der Waals surface area contributed by atoms with Gasteiger partial charge in [0.05, 0.1) is 11.0 Å². The van der Waals surface area contributed by atoms with Gasteiger partial charge in [-0.2, -0.15) is 0 Å². The first-order valence-electron chi connectivity index (χ1n) is 13.3. The first-order chi connectivity index (χ1) is 17.3. The summed E-state index contributed by atoms with van der Waals surface area (Å²) in [6.07, 6.45) is 8.54. The van der Waals surface area contributed by atoms with Gasteiger partial charge in [0.25, 0.3) is 5.91 Å². The summed E-state index contributed by atoms with van der Waals surface area (Å²) in [6.45, 7) is 2.67. The van der Waals surface area contributed by atoms with Gasteiger partial charge in [0.1, 0.15) is 11.0 Å². The lowest BCUT2D eigenvalue weighted by Crippen LogP contribution is -2.44. The monoisotopic (exact) mass is 510 g/mol. The summed E-state index contributed by atoms with van der Waals surface area (Å²) in [5, 5.41) is 0.261. The highest BCUT2D eigenvalue weighted by molar-refractivity contribution is 6.32. The van der Waals surface area contributed by atoms with Crippen molar-refractivity contribution in [2.45, 2.75) is 56.8 Å². The van der Waals surface area contributed by atoms with E-state index in [-0.39, 0.29) is 16.5 Å². The number of amides is 2. The molecular weight excluding hydrogens is 472 g/mol. The van der Waals surface area contributed by atoms with Gasteiger partial charge in [0.15, 0.2) is 0 Å². The second-order valence-corrected chi connectivity index (χ2v) is 11.0. The van der Waals surface area contributed by atoms with Crippen LogP contribution in [0.15, 0.2) is 42.5 Å². The lowest BCUT2D eigenvalue weighted by Gasteiger charge is -2.34. The smallest absolute Gasteiger partial charge is 0.256 e. The third-order valence-electron chi connectivity index (χ3n) is 8.05. The summed E-state index contributed by atoms with van der Waals surface area (Å²) in [7, 11) is 5.40. The van der Waals surface area contributed by atoms with Gasteiger partial charge in [-0.05, 0) is 62.1 Å². The number of anilines is 1. The summed E-state index contributed by atoms with van der Waals surface area (Å²) < 4.78 is 0. The Bertz CT molecular complexity index is 1040. The van der Waals surface area contributed by atoms with Crippen LogP contribution < -0.4 is 4.90 Å². The molecule has 2 fully saturated rings. The van der Waals surface area contributed by atoms with E-state index >= 15 is 0 Å². The first kappa shape index (κ1) is 26.5. The van der Waals surface area contributed by atoms with Crippen LogP contribution in [0.5, 0.6) is 0 Å². The minimum absolute atomic E-state index is 0.135. The fraction of sp³-hybridized carbons (Fsp3) is 0.552. The number of pyridine rings is 1. The van der Waals surface area contributed by atoms with Crippen molar-refractivity contribution in [3.63, 3.8) is 0 Å². The predicted molar refractivity (Wildman–Crippen MR) is 146 cm³/mol. The summed E-state index contributed by atoms with van der Waals surface area (Å²) in [5.41, 5.74) is 1.28. The molecule has 1 aromatic carbocycles. The van der Waals surface area contributed by atoms with Crippen molar-refractivity contribution in [2.24, 2.45) is 5.92 Å². The number of hydrogen-bond donors (Lipinski definition) is 0. The Morgan fingerprint density at radius 1 is 1.03 bits per heavy atom. The van der Waals surface area contributed by atoms with E-state index in [1.807, 2.05) is 24.1 Å². The number of benzene rings is 1. The molecule has 0 spiro atoms. The molecular formula is C29H39ClN4O2. The minimum atomic E-state index is -0.331. The van der Waals surface area contributed by atoms with Gasteiger partial charge < -0.3 is 14.7 Å². The van der Waals surface area contributed by atoms with E-state index in [1.54, 1.807) is 20.2 Å². The number of halogens is 1. The molecule has 1 saturated carbocycles. The number of carbonyl (C=O) groups excluding carboxylic acids is 2. The zero-order valence-electron chi connectivity index (χ0n) is 21.9. The number of aromatic nitrogens is 1. The molecule has 0 atom stereocenters. The van der Waals surface area contributed by atoms with Crippen molar-refractivity contribution < 1.29 is 9.59 Å². The second kappa shape index (κ2) is 11.6. The van der Waals surface area contributed by atoms with Crippen LogP contribution in [0.4, 0.5) is 5.82 Å². The molecule has 1 aliphatic heterocycles. The normalized spacial score (nSPS) is 17.7. The van der Waals surface area contributed by atoms with Crippen LogP contribution in [0.1, 0.15) is 67.3 Å². The Labute approximate surface area is 220 Å². The molecule has 0 radical (unpaired) electrons. The molecule has 0 bridgehead atoms. The van der Waals surface area contributed by atoms with Gasteiger partial charge in [0, 0.05) is 40.8 Å². The van der Waals surface area contributed by atoms with Crippen molar-refractivity contribution in [1.82, 2.24) is 14.8 Å². The SMILES string of the molecule is CN(C)C(=O)c1ccc(N2CCC(CCCN(C)C(=O)C3(c4ccccc4)CCCC3)CC2)nc1Cl. The fourth-order valence-corrected chi connectivity index (χ4v) is 6.13. The van der Waals surface area contributed by atoms with E-state index in [0.717, 1.165) is 76.8 Å². The third kappa shape index (κ3) is 5.69. The lowest BCUT2D eigenvalue weighted by molar-refractivity contribution is -0.136. The molecule has 36 heavy (non-hydrogen) atoms. The summed E-state index contributed by atoms with van der Waals surface area (Å²) in [5.74, 6) is 1.65. The topological polar surface area (TPSA) is 56.8 Å². The van der Waals surface area contributed by atoms with Crippen LogP contribution in [-0.4, -0.2) is 67.4 Å². The minimum Gasteiger partial charge on any atom is -0.357 e. The molecule has 2 heterocycles. The zero-order chi connectivity index (χ0) is 25.7. The van der Waals surface area contributed by atoms with Gasteiger partial charge in [0.2, 0.25) is 5.91 Å². The molecule has 2 amide bonds. The molecule has 0 unspecified atom stereocenters. The molecule has 1 aliphatic carbocycles. The van der Waals surface area contributed by atoms with E-state index < -0.39 is 0 Å².